The van der Waals surface area contributed by atoms with Gasteiger partial charge in [0, 0.05) is 24.2 Å². The fourth-order valence-corrected chi connectivity index (χ4v) is 2.52. The molecule has 0 aliphatic carbocycles. The Labute approximate surface area is 131 Å². The van der Waals surface area contributed by atoms with Gasteiger partial charge in [-0.1, -0.05) is 43.3 Å². The van der Waals surface area contributed by atoms with Crippen LogP contribution in [0.5, 0.6) is 0 Å². The van der Waals surface area contributed by atoms with Crippen LogP contribution in [0.15, 0.2) is 48.5 Å². The van der Waals surface area contributed by atoms with Gasteiger partial charge in [0.25, 0.3) is 5.69 Å². The average molecular weight is 298 g/mol. The third-order valence-corrected chi connectivity index (χ3v) is 3.97. The number of nitrogens with zero attached hydrogens (tertiary/aromatic N) is 1. The van der Waals surface area contributed by atoms with E-state index in [4.69, 9.17) is 0 Å². The molecule has 2 unspecified atom stereocenters. The van der Waals surface area contributed by atoms with Gasteiger partial charge in [-0.2, -0.15) is 0 Å². The predicted octanol–water partition coefficient (Wildman–Crippen LogP) is 4.57. The summed E-state index contributed by atoms with van der Waals surface area (Å²) >= 11 is 0. The lowest BCUT2D eigenvalue weighted by atomic mass is 10.0. The number of nitro benzene ring substituents is 1. The summed E-state index contributed by atoms with van der Waals surface area (Å²) in [7, 11) is 0. The van der Waals surface area contributed by atoms with Crippen LogP contribution < -0.4 is 5.32 Å². The van der Waals surface area contributed by atoms with E-state index in [1.54, 1.807) is 12.1 Å². The fourth-order valence-electron chi connectivity index (χ4n) is 2.52. The molecule has 0 radical (unpaired) electrons. The Morgan fingerprint density at radius 1 is 1.05 bits per heavy atom. The number of hydrogen-bond donors (Lipinski definition) is 1. The normalized spacial score (nSPS) is 13.6. The second-order valence-corrected chi connectivity index (χ2v) is 5.56. The lowest BCUT2D eigenvalue weighted by Gasteiger charge is -2.21. The maximum absolute atomic E-state index is 10.9. The van der Waals surface area contributed by atoms with Crippen molar-refractivity contribution in [3.05, 3.63) is 75.3 Å². The van der Waals surface area contributed by atoms with E-state index in [0.717, 1.165) is 12.0 Å². The van der Waals surface area contributed by atoms with Gasteiger partial charge in [-0.05, 0) is 37.0 Å². The van der Waals surface area contributed by atoms with Crippen LogP contribution >= 0.6 is 0 Å². The highest BCUT2D eigenvalue weighted by Gasteiger charge is 2.14. The number of aryl methyl sites for hydroxylation is 1. The topological polar surface area (TPSA) is 55.2 Å². The third kappa shape index (κ3) is 3.92. The van der Waals surface area contributed by atoms with Crippen LogP contribution in [0.3, 0.4) is 0 Å². The summed E-state index contributed by atoms with van der Waals surface area (Å²) in [6.07, 6.45) is 1.03. The van der Waals surface area contributed by atoms with Crippen LogP contribution in [0, 0.1) is 10.1 Å². The summed E-state index contributed by atoms with van der Waals surface area (Å²) < 4.78 is 0. The summed E-state index contributed by atoms with van der Waals surface area (Å²) in [6, 6.07) is 15.6. The number of nitro groups is 1. The lowest BCUT2D eigenvalue weighted by Crippen LogP contribution is -2.22. The van der Waals surface area contributed by atoms with Gasteiger partial charge in [0.1, 0.15) is 0 Å². The van der Waals surface area contributed by atoms with Crippen LogP contribution in [0.1, 0.15) is 49.5 Å². The van der Waals surface area contributed by atoms with Gasteiger partial charge in [-0.15, -0.1) is 0 Å². The molecule has 0 spiro atoms. The van der Waals surface area contributed by atoms with E-state index in [1.165, 1.54) is 17.2 Å². The highest BCUT2D eigenvalue weighted by Crippen LogP contribution is 2.22. The summed E-state index contributed by atoms with van der Waals surface area (Å²) in [5, 5.41) is 14.4. The molecule has 2 aromatic rings. The Kier molecular flexibility index (Phi) is 5.28. The molecule has 0 saturated heterocycles. The molecule has 0 saturated carbocycles. The zero-order valence-corrected chi connectivity index (χ0v) is 13.2. The molecule has 1 N–H and O–H groups in total. The van der Waals surface area contributed by atoms with Crippen molar-refractivity contribution < 1.29 is 4.92 Å². The van der Waals surface area contributed by atoms with E-state index >= 15 is 0 Å². The second-order valence-electron chi connectivity index (χ2n) is 5.56. The van der Waals surface area contributed by atoms with Gasteiger partial charge < -0.3 is 5.32 Å². The monoisotopic (exact) mass is 298 g/mol. The van der Waals surface area contributed by atoms with Crippen molar-refractivity contribution in [2.75, 3.05) is 0 Å². The number of rotatable bonds is 6. The first kappa shape index (κ1) is 16.2. The quantitative estimate of drug-likeness (QED) is 0.628. The van der Waals surface area contributed by atoms with Crippen molar-refractivity contribution >= 4 is 5.69 Å². The highest BCUT2D eigenvalue weighted by molar-refractivity contribution is 5.36. The molecule has 0 aliphatic rings. The molecule has 0 amide bonds. The van der Waals surface area contributed by atoms with Gasteiger partial charge in [-0.25, -0.2) is 0 Å². The molecule has 0 aliphatic heterocycles. The van der Waals surface area contributed by atoms with Crippen LogP contribution in [-0.4, -0.2) is 4.92 Å². The van der Waals surface area contributed by atoms with E-state index in [0.29, 0.717) is 0 Å². The standard InChI is InChI=1S/C18H22N2O2/c1-4-15-8-10-16(11-9-15)13(2)19-14(3)17-6-5-7-18(12-17)20(21)22/h5-14,19H,4H2,1-3H3. The fraction of sp³-hybridized carbons (Fsp3) is 0.333. The largest absolute Gasteiger partial charge is 0.304 e. The van der Waals surface area contributed by atoms with Crippen molar-refractivity contribution in [2.45, 2.75) is 39.3 Å². The summed E-state index contributed by atoms with van der Waals surface area (Å²) in [4.78, 5) is 10.5. The van der Waals surface area contributed by atoms with Gasteiger partial charge in [0.15, 0.2) is 0 Å². The Hall–Kier alpha value is -2.20. The van der Waals surface area contributed by atoms with Gasteiger partial charge >= 0.3 is 0 Å². The van der Waals surface area contributed by atoms with E-state index in [9.17, 15) is 10.1 Å². The average Bonchev–Trinajstić information content (AvgIpc) is 2.54. The first-order valence-electron chi connectivity index (χ1n) is 7.60. The van der Waals surface area contributed by atoms with Crippen LogP contribution in [-0.2, 0) is 6.42 Å². The molecule has 2 atom stereocenters. The smallest absolute Gasteiger partial charge is 0.269 e. The Balaban J connectivity index is 2.08. The van der Waals surface area contributed by atoms with Crippen LogP contribution in [0.2, 0.25) is 0 Å². The molecule has 0 fully saturated rings. The molecule has 116 valence electrons. The first-order valence-corrected chi connectivity index (χ1v) is 7.60. The highest BCUT2D eigenvalue weighted by atomic mass is 16.6. The molecule has 0 aromatic heterocycles. The van der Waals surface area contributed by atoms with E-state index in [2.05, 4.69) is 43.4 Å². The van der Waals surface area contributed by atoms with Crippen molar-refractivity contribution in [1.82, 2.24) is 5.32 Å². The molecule has 0 bridgehead atoms. The maximum Gasteiger partial charge on any atom is 0.269 e. The van der Waals surface area contributed by atoms with Crippen LogP contribution in [0.25, 0.3) is 0 Å². The molecule has 2 rings (SSSR count). The first-order chi connectivity index (χ1) is 10.5. The van der Waals surface area contributed by atoms with Gasteiger partial charge in [-0.3, -0.25) is 10.1 Å². The zero-order valence-electron chi connectivity index (χ0n) is 13.2. The van der Waals surface area contributed by atoms with Crippen molar-refractivity contribution in [3.8, 4) is 0 Å². The molecule has 2 aromatic carbocycles. The van der Waals surface area contributed by atoms with Crippen molar-refractivity contribution in [1.29, 1.82) is 0 Å². The summed E-state index contributed by atoms with van der Waals surface area (Å²) in [5.74, 6) is 0. The number of non-ortho nitro benzene ring substituents is 1. The predicted molar refractivity (Wildman–Crippen MR) is 88.9 cm³/mol. The maximum atomic E-state index is 10.9. The Morgan fingerprint density at radius 3 is 2.27 bits per heavy atom. The molecular weight excluding hydrogens is 276 g/mol. The molecule has 4 nitrogen and oxygen atoms in total. The number of hydrogen-bond acceptors (Lipinski definition) is 3. The summed E-state index contributed by atoms with van der Waals surface area (Å²) in [6.45, 7) is 6.27. The molecule has 0 heterocycles. The molecular formula is C18H22N2O2. The molecule has 4 heteroatoms. The van der Waals surface area contributed by atoms with Crippen molar-refractivity contribution in [3.63, 3.8) is 0 Å². The number of benzene rings is 2. The van der Waals surface area contributed by atoms with E-state index < -0.39 is 0 Å². The molecule has 22 heavy (non-hydrogen) atoms. The van der Waals surface area contributed by atoms with Gasteiger partial charge in [0.05, 0.1) is 4.92 Å². The second kappa shape index (κ2) is 7.18. The lowest BCUT2D eigenvalue weighted by molar-refractivity contribution is -0.384. The third-order valence-electron chi connectivity index (χ3n) is 3.97. The summed E-state index contributed by atoms with van der Waals surface area (Å²) in [5.41, 5.74) is 3.59. The minimum atomic E-state index is -0.358. The van der Waals surface area contributed by atoms with E-state index in [-0.39, 0.29) is 22.7 Å². The SMILES string of the molecule is CCc1ccc(C(C)NC(C)c2cccc([N+](=O)[O-])c2)cc1. The number of nitrogens with one attached hydrogen (secondary N) is 1. The van der Waals surface area contributed by atoms with Gasteiger partial charge in [0.2, 0.25) is 0 Å². The van der Waals surface area contributed by atoms with E-state index in [1.807, 2.05) is 13.0 Å². The Bertz CT molecular complexity index is 638. The van der Waals surface area contributed by atoms with Crippen LogP contribution in [0.4, 0.5) is 5.69 Å². The Morgan fingerprint density at radius 2 is 1.68 bits per heavy atom. The zero-order chi connectivity index (χ0) is 16.1. The minimum Gasteiger partial charge on any atom is -0.304 e. The van der Waals surface area contributed by atoms with Crippen molar-refractivity contribution in [2.24, 2.45) is 0 Å². The minimum absolute atomic E-state index is 0.0424.